The second kappa shape index (κ2) is 8.08. The summed E-state index contributed by atoms with van der Waals surface area (Å²) in [5.41, 5.74) is 1.21. The first-order valence-corrected chi connectivity index (χ1v) is 8.75. The lowest BCUT2D eigenvalue weighted by Gasteiger charge is -2.15. The number of para-hydroxylation sites is 1. The molecule has 5 heteroatoms. The average Bonchev–Trinajstić information content (AvgIpc) is 3.02. The van der Waals surface area contributed by atoms with E-state index in [2.05, 4.69) is 34.3 Å². The Labute approximate surface area is 152 Å². The van der Waals surface area contributed by atoms with Gasteiger partial charge in [-0.1, -0.05) is 35.9 Å². The number of amides is 1. The van der Waals surface area contributed by atoms with Crippen molar-refractivity contribution in [3.63, 3.8) is 0 Å². The molecule has 0 radical (unpaired) electrons. The highest BCUT2D eigenvalue weighted by molar-refractivity contribution is 6.30. The van der Waals surface area contributed by atoms with Crippen LogP contribution in [0.3, 0.4) is 0 Å². The van der Waals surface area contributed by atoms with Crippen molar-refractivity contribution in [2.75, 3.05) is 6.54 Å². The quantitative estimate of drug-likeness (QED) is 0.642. The molecule has 0 saturated heterocycles. The van der Waals surface area contributed by atoms with Crippen molar-refractivity contribution >= 4 is 28.4 Å². The number of carbonyl (C=O) groups excluding carboxylic acids is 1. The van der Waals surface area contributed by atoms with Crippen LogP contribution in [-0.2, 0) is 11.3 Å². The zero-order valence-corrected chi connectivity index (χ0v) is 14.9. The molecule has 0 saturated carbocycles. The summed E-state index contributed by atoms with van der Waals surface area (Å²) >= 11 is 5.92. The van der Waals surface area contributed by atoms with E-state index in [9.17, 15) is 4.79 Å². The number of fused-ring (bicyclic) bond motifs is 1. The molecular weight excluding hydrogens is 336 g/mol. The number of rotatable bonds is 7. The number of benzene rings is 2. The average molecular weight is 357 g/mol. The van der Waals surface area contributed by atoms with E-state index >= 15 is 0 Å². The third-order valence-corrected chi connectivity index (χ3v) is 4.27. The van der Waals surface area contributed by atoms with E-state index in [4.69, 9.17) is 16.3 Å². The van der Waals surface area contributed by atoms with Gasteiger partial charge in [0.25, 0.3) is 5.91 Å². The lowest BCUT2D eigenvalue weighted by molar-refractivity contribution is -0.127. The van der Waals surface area contributed by atoms with Gasteiger partial charge in [0.15, 0.2) is 6.10 Å². The van der Waals surface area contributed by atoms with Gasteiger partial charge in [0.2, 0.25) is 0 Å². The minimum absolute atomic E-state index is 0.127. The molecule has 0 fully saturated rings. The van der Waals surface area contributed by atoms with Crippen LogP contribution in [0.4, 0.5) is 0 Å². The largest absolute Gasteiger partial charge is 0.481 e. The zero-order chi connectivity index (χ0) is 17.6. The van der Waals surface area contributed by atoms with Gasteiger partial charge in [0, 0.05) is 29.8 Å². The van der Waals surface area contributed by atoms with Gasteiger partial charge >= 0.3 is 0 Å². The second-order valence-electron chi connectivity index (χ2n) is 5.93. The van der Waals surface area contributed by atoms with E-state index in [1.807, 2.05) is 12.1 Å². The Morgan fingerprint density at radius 2 is 2.04 bits per heavy atom. The van der Waals surface area contributed by atoms with Crippen LogP contribution in [0.25, 0.3) is 10.9 Å². The maximum atomic E-state index is 12.1. The molecule has 1 amide bonds. The predicted molar refractivity (Wildman–Crippen MR) is 101 cm³/mol. The van der Waals surface area contributed by atoms with Crippen molar-refractivity contribution in [3.05, 3.63) is 65.8 Å². The summed E-state index contributed by atoms with van der Waals surface area (Å²) in [4.78, 5) is 12.1. The molecule has 0 bridgehead atoms. The van der Waals surface area contributed by atoms with Crippen LogP contribution in [0.1, 0.15) is 13.3 Å². The lowest BCUT2D eigenvalue weighted by Crippen LogP contribution is -2.37. The zero-order valence-electron chi connectivity index (χ0n) is 14.1. The van der Waals surface area contributed by atoms with Gasteiger partial charge in [-0.3, -0.25) is 4.79 Å². The fraction of sp³-hybridized carbons (Fsp3) is 0.250. The molecule has 25 heavy (non-hydrogen) atoms. The number of nitrogens with zero attached hydrogens (tertiary/aromatic N) is 1. The Kier molecular flexibility index (Phi) is 5.61. The van der Waals surface area contributed by atoms with E-state index in [-0.39, 0.29) is 5.91 Å². The van der Waals surface area contributed by atoms with Crippen LogP contribution in [0.5, 0.6) is 5.75 Å². The minimum Gasteiger partial charge on any atom is -0.481 e. The van der Waals surface area contributed by atoms with E-state index in [0.717, 1.165) is 13.0 Å². The predicted octanol–water partition coefficient (Wildman–Crippen LogP) is 4.27. The normalized spacial score (nSPS) is 12.1. The molecule has 0 unspecified atom stereocenters. The number of hydrogen-bond donors (Lipinski definition) is 1. The first-order chi connectivity index (χ1) is 12.1. The summed E-state index contributed by atoms with van der Waals surface area (Å²) in [7, 11) is 0. The van der Waals surface area contributed by atoms with E-state index < -0.39 is 6.10 Å². The molecule has 3 rings (SSSR count). The van der Waals surface area contributed by atoms with Crippen LogP contribution < -0.4 is 10.1 Å². The smallest absolute Gasteiger partial charge is 0.260 e. The Morgan fingerprint density at radius 3 is 2.88 bits per heavy atom. The summed E-state index contributed by atoms with van der Waals surface area (Å²) < 4.78 is 7.82. The Bertz CT molecular complexity index is 860. The Morgan fingerprint density at radius 1 is 1.20 bits per heavy atom. The minimum atomic E-state index is -0.564. The third-order valence-electron chi connectivity index (χ3n) is 4.03. The molecule has 0 aliphatic carbocycles. The number of aromatic nitrogens is 1. The lowest BCUT2D eigenvalue weighted by atomic mass is 10.2. The van der Waals surface area contributed by atoms with Crippen LogP contribution >= 0.6 is 11.6 Å². The third kappa shape index (κ3) is 4.54. The van der Waals surface area contributed by atoms with Crippen LogP contribution in [0.2, 0.25) is 5.02 Å². The van der Waals surface area contributed by atoms with Crippen molar-refractivity contribution in [2.45, 2.75) is 26.0 Å². The molecule has 0 spiro atoms. The molecule has 1 atom stereocenters. The Hall–Kier alpha value is -2.46. The molecule has 1 heterocycles. The molecule has 0 aliphatic rings. The standard InChI is InChI=1S/C20H21ClN2O2/c1-15(25-18-8-4-7-17(21)14-18)20(24)22-11-5-12-23-13-10-16-6-2-3-9-19(16)23/h2-4,6-10,13-15H,5,11-12H2,1H3,(H,22,24)/t15-/m1/s1. The maximum absolute atomic E-state index is 12.1. The molecule has 1 N–H and O–H groups in total. The van der Waals surface area contributed by atoms with Crippen molar-refractivity contribution in [1.82, 2.24) is 9.88 Å². The molecular formula is C20H21ClN2O2. The van der Waals surface area contributed by atoms with Crippen LogP contribution in [-0.4, -0.2) is 23.1 Å². The number of nitrogens with one attached hydrogen (secondary N) is 1. The summed E-state index contributed by atoms with van der Waals surface area (Å²) in [5.74, 6) is 0.464. The van der Waals surface area contributed by atoms with Gasteiger partial charge in [0.05, 0.1) is 0 Å². The number of hydrogen-bond acceptors (Lipinski definition) is 2. The fourth-order valence-electron chi connectivity index (χ4n) is 2.74. The van der Waals surface area contributed by atoms with Crippen LogP contribution in [0.15, 0.2) is 60.8 Å². The van der Waals surface area contributed by atoms with Gasteiger partial charge in [-0.2, -0.15) is 0 Å². The maximum Gasteiger partial charge on any atom is 0.260 e. The number of halogens is 1. The molecule has 130 valence electrons. The first kappa shape index (κ1) is 17.4. The molecule has 3 aromatic rings. The number of ether oxygens (including phenoxy) is 1. The highest BCUT2D eigenvalue weighted by Crippen LogP contribution is 2.18. The Balaban J connectivity index is 1.44. The van der Waals surface area contributed by atoms with Crippen molar-refractivity contribution in [3.8, 4) is 5.75 Å². The number of carbonyl (C=O) groups is 1. The summed E-state index contributed by atoms with van der Waals surface area (Å²) in [6.45, 7) is 3.20. The van der Waals surface area contributed by atoms with E-state index in [0.29, 0.717) is 17.3 Å². The summed E-state index contributed by atoms with van der Waals surface area (Å²) in [6, 6.07) is 17.4. The van der Waals surface area contributed by atoms with Crippen molar-refractivity contribution in [2.24, 2.45) is 0 Å². The van der Waals surface area contributed by atoms with E-state index in [1.165, 1.54) is 10.9 Å². The van der Waals surface area contributed by atoms with Gasteiger partial charge < -0.3 is 14.6 Å². The van der Waals surface area contributed by atoms with Gasteiger partial charge in [-0.05, 0) is 49.1 Å². The van der Waals surface area contributed by atoms with Gasteiger partial charge in [0.1, 0.15) is 5.75 Å². The van der Waals surface area contributed by atoms with E-state index in [1.54, 1.807) is 31.2 Å². The highest BCUT2D eigenvalue weighted by Gasteiger charge is 2.14. The van der Waals surface area contributed by atoms with Crippen molar-refractivity contribution < 1.29 is 9.53 Å². The number of aryl methyl sites for hydroxylation is 1. The van der Waals surface area contributed by atoms with Gasteiger partial charge in [-0.15, -0.1) is 0 Å². The molecule has 1 aromatic heterocycles. The summed E-state index contributed by atoms with van der Waals surface area (Å²) in [5, 5.41) is 4.74. The molecule has 2 aromatic carbocycles. The fourth-order valence-corrected chi connectivity index (χ4v) is 2.92. The van der Waals surface area contributed by atoms with Crippen molar-refractivity contribution in [1.29, 1.82) is 0 Å². The second-order valence-corrected chi connectivity index (χ2v) is 6.37. The van der Waals surface area contributed by atoms with Gasteiger partial charge in [-0.25, -0.2) is 0 Å². The van der Waals surface area contributed by atoms with Crippen LogP contribution in [0, 0.1) is 0 Å². The molecule has 4 nitrogen and oxygen atoms in total. The monoisotopic (exact) mass is 356 g/mol. The highest BCUT2D eigenvalue weighted by atomic mass is 35.5. The SMILES string of the molecule is C[C@@H](Oc1cccc(Cl)c1)C(=O)NCCCn1ccc2ccccc21. The first-order valence-electron chi connectivity index (χ1n) is 8.37. The summed E-state index contributed by atoms with van der Waals surface area (Å²) in [6.07, 6.45) is 2.37. The molecule has 0 aliphatic heterocycles. The topological polar surface area (TPSA) is 43.3 Å².